The largest absolute Gasteiger partial charge is 0.337 e. The van der Waals surface area contributed by atoms with Crippen LogP contribution in [-0.2, 0) is 24.4 Å². The number of amides is 1. The van der Waals surface area contributed by atoms with Gasteiger partial charge in [-0.05, 0) is 42.6 Å². The van der Waals surface area contributed by atoms with E-state index in [2.05, 4.69) is 23.1 Å². The molecule has 3 nitrogen and oxygen atoms in total. The normalized spacial score (nSPS) is 19.9. The summed E-state index contributed by atoms with van der Waals surface area (Å²) in [7, 11) is 0. The van der Waals surface area contributed by atoms with Crippen LogP contribution in [0.2, 0.25) is 0 Å². The molecule has 1 fully saturated rings. The fourth-order valence-electron chi connectivity index (χ4n) is 3.02. The summed E-state index contributed by atoms with van der Waals surface area (Å²) in [6.45, 7) is 5.10. The second-order valence-corrected chi connectivity index (χ2v) is 5.45. The Morgan fingerprint density at radius 2 is 1.83 bits per heavy atom. The van der Waals surface area contributed by atoms with Crippen molar-refractivity contribution in [3.8, 4) is 0 Å². The number of rotatable bonds is 3. The molecule has 3 heteroatoms. The van der Waals surface area contributed by atoms with Crippen LogP contribution < -0.4 is 0 Å². The summed E-state index contributed by atoms with van der Waals surface area (Å²) in [4.78, 5) is 15.2. The molecular formula is C15H20N2O. The van der Waals surface area contributed by atoms with Crippen LogP contribution in [0, 0.1) is 0 Å². The first-order chi connectivity index (χ1) is 8.85. The van der Waals surface area contributed by atoms with E-state index in [1.54, 1.807) is 0 Å². The second-order valence-electron chi connectivity index (χ2n) is 5.45. The van der Waals surface area contributed by atoms with Crippen molar-refractivity contribution in [1.29, 1.82) is 0 Å². The molecule has 2 heterocycles. The molecule has 1 saturated heterocycles. The van der Waals surface area contributed by atoms with Crippen molar-refractivity contribution in [2.45, 2.75) is 38.9 Å². The minimum Gasteiger partial charge on any atom is -0.337 e. The molecule has 0 radical (unpaired) electrons. The average Bonchev–Trinajstić information content (AvgIpc) is 2.82. The van der Waals surface area contributed by atoms with Gasteiger partial charge < -0.3 is 4.90 Å². The zero-order chi connectivity index (χ0) is 12.4. The van der Waals surface area contributed by atoms with Crippen LogP contribution in [0.15, 0.2) is 18.2 Å². The van der Waals surface area contributed by atoms with Crippen molar-refractivity contribution < 1.29 is 4.79 Å². The predicted molar refractivity (Wildman–Crippen MR) is 70.9 cm³/mol. The first kappa shape index (κ1) is 11.7. The summed E-state index contributed by atoms with van der Waals surface area (Å²) < 4.78 is 0. The van der Waals surface area contributed by atoms with Crippen molar-refractivity contribution in [3.63, 3.8) is 0 Å². The predicted octanol–water partition coefficient (Wildman–Crippen LogP) is 2.14. The maximum atomic E-state index is 10.8. The van der Waals surface area contributed by atoms with Gasteiger partial charge >= 0.3 is 0 Å². The van der Waals surface area contributed by atoms with E-state index in [1.807, 2.05) is 4.90 Å². The van der Waals surface area contributed by atoms with Gasteiger partial charge in [-0.2, -0.15) is 0 Å². The number of piperidine rings is 1. The highest BCUT2D eigenvalue weighted by molar-refractivity contribution is 5.51. The van der Waals surface area contributed by atoms with Crippen molar-refractivity contribution >= 4 is 6.41 Å². The summed E-state index contributed by atoms with van der Waals surface area (Å²) in [6, 6.07) is 6.70. The Labute approximate surface area is 108 Å². The maximum absolute atomic E-state index is 10.8. The van der Waals surface area contributed by atoms with Crippen LogP contribution in [0.25, 0.3) is 0 Å². The quantitative estimate of drug-likeness (QED) is 0.761. The molecule has 1 aromatic carbocycles. The van der Waals surface area contributed by atoms with Gasteiger partial charge in [-0.25, -0.2) is 0 Å². The topological polar surface area (TPSA) is 23.6 Å². The standard InChI is InChI=1S/C15H20N2O/c18-12-17-10-14-5-4-13(8-15(14)11-17)9-16-6-2-1-3-7-16/h4-5,8,12H,1-3,6-7,9-11H2. The maximum Gasteiger partial charge on any atom is 0.210 e. The van der Waals surface area contributed by atoms with Gasteiger partial charge in [-0.1, -0.05) is 24.6 Å². The van der Waals surface area contributed by atoms with Gasteiger partial charge in [-0.3, -0.25) is 9.69 Å². The first-order valence-electron chi connectivity index (χ1n) is 6.87. The summed E-state index contributed by atoms with van der Waals surface area (Å²) >= 11 is 0. The molecule has 0 aromatic heterocycles. The van der Waals surface area contributed by atoms with Crippen LogP contribution in [0.4, 0.5) is 0 Å². The van der Waals surface area contributed by atoms with E-state index >= 15 is 0 Å². The smallest absolute Gasteiger partial charge is 0.210 e. The Bertz CT molecular complexity index is 438. The molecule has 1 amide bonds. The number of carbonyl (C=O) groups excluding carboxylic acids is 1. The lowest BCUT2D eigenvalue weighted by molar-refractivity contribution is -0.118. The van der Waals surface area contributed by atoms with Crippen LogP contribution in [0.5, 0.6) is 0 Å². The molecule has 0 spiro atoms. The van der Waals surface area contributed by atoms with E-state index < -0.39 is 0 Å². The van der Waals surface area contributed by atoms with E-state index in [4.69, 9.17) is 0 Å². The monoisotopic (exact) mass is 244 g/mol. The molecular weight excluding hydrogens is 224 g/mol. The number of nitrogens with zero attached hydrogens (tertiary/aromatic N) is 2. The SMILES string of the molecule is O=CN1Cc2ccc(CN3CCCCC3)cc2C1. The fourth-order valence-corrected chi connectivity index (χ4v) is 3.02. The third-order valence-electron chi connectivity index (χ3n) is 4.02. The Hall–Kier alpha value is -1.35. The molecule has 0 atom stereocenters. The number of hydrogen-bond donors (Lipinski definition) is 0. The van der Waals surface area contributed by atoms with Gasteiger partial charge in [0, 0.05) is 19.6 Å². The van der Waals surface area contributed by atoms with Crippen LogP contribution in [0.3, 0.4) is 0 Å². The number of likely N-dealkylation sites (tertiary alicyclic amines) is 1. The molecule has 0 unspecified atom stereocenters. The van der Waals surface area contributed by atoms with Crippen LogP contribution in [0.1, 0.15) is 36.0 Å². The Balaban J connectivity index is 1.69. The minimum absolute atomic E-state index is 0.781. The molecule has 2 aliphatic rings. The summed E-state index contributed by atoms with van der Waals surface area (Å²) in [5.41, 5.74) is 4.03. The lowest BCUT2D eigenvalue weighted by atomic mass is 10.0. The highest BCUT2D eigenvalue weighted by Crippen LogP contribution is 2.23. The Morgan fingerprint density at radius 1 is 1.06 bits per heavy atom. The second kappa shape index (κ2) is 5.11. The van der Waals surface area contributed by atoms with Crippen molar-refractivity contribution in [1.82, 2.24) is 9.80 Å². The molecule has 18 heavy (non-hydrogen) atoms. The van der Waals surface area contributed by atoms with Crippen molar-refractivity contribution in [2.75, 3.05) is 13.1 Å². The third kappa shape index (κ3) is 2.41. The lowest BCUT2D eigenvalue weighted by Gasteiger charge is -2.26. The fraction of sp³-hybridized carbons (Fsp3) is 0.533. The zero-order valence-corrected chi connectivity index (χ0v) is 10.8. The molecule has 0 aliphatic carbocycles. The molecule has 2 aliphatic heterocycles. The van der Waals surface area contributed by atoms with E-state index in [9.17, 15) is 4.79 Å². The van der Waals surface area contributed by atoms with Gasteiger partial charge in [0.1, 0.15) is 0 Å². The molecule has 0 N–H and O–H groups in total. The van der Waals surface area contributed by atoms with Gasteiger partial charge in [0.25, 0.3) is 0 Å². The third-order valence-corrected chi connectivity index (χ3v) is 4.02. The molecule has 3 rings (SSSR count). The zero-order valence-electron chi connectivity index (χ0n) is 10.8. The summed E-state index contributed by atoms with van der Waals surface area (Å²) in [5.74, 6) is 0. The van der Waals surface area contributed by atoms with Crippen molar-refractivity contribution in [3.05, 3.63) is 34.9 Å². The molecule has 0 saturated carbocycles. The highest BCUT2D eigenvalue weighted by atomic mass is 16.1. The van der Waals surface area contributed by atoms with Gasteiger partial charge in [0.2, 0.25) is 6.41 Å². The highest BCUT2D eigenvalue weighted by Gasteiger charge is 2.18. The first-order valence-corrected chi connectivity index (χ1v) is 6.87. The summed E-state index contributed by atoms with van der Waals surface area (Å²) in [5, 5.41) is 0. The number of carbonyl (C=O) groups is 1. The number of hydrogen-bond acceptors (Lipinski definition) is 2. The van der Waals surface area contributed by atoms with E-state index in [0.29, 0.717) is 0 Å². The summed E-state index contributed by atoms with van der Waals surface area (Å²) in [6.07, 6.45) is 5.01. The van der Waals surface area contributed by atoms with Crippen LogP contribution >= 0.6 is 0 Å². The molecule has 0 bridgehead atoms. The molecule has 1 aromatic rings. The van der Waals surface area contributed by atoms with E-state index in [-0.39, 0.29) is 0 Å². The Morgan fingerprint density at radius 3 is 2.61 bits per heavy atom. The average molecular weight is 244 g/mol. The Kier molecular flexibility index (Phi) is 3.33. The van der Waals surface area contributed by atoms with Gasteiger partial charge in [0.15, 0.2) is 0 Å². The molecule has 96 valence electrons. The van der Waals surface area contributed by atoms with E-state index in [1.165, 1.54) is 49.0 Å². The van der Waals surface area contributed by atoms with E-state index in [0.717, 1.165) is 26.0 Å². The van der Waals surface area contributed by atoms with Gasteiger partial charge in [-0.15, -0.1) is 0 Å². The van der Waals surface area contributed by atoms with Crippen molar-refractivity contribution in [2.24, 2.45) is 0 Å². The van der Waals surface area contributed by atoms with Crippen LogP contribution in [-0.4, -0.2) is 29.3 Å². The van der Waals surface area contributed by atoms with Gasteiger partial charge in [0.05, 0.1) is 0 Å². The minimum atomic E-state index is 0.781. The lowest BCUT2D eigenvalue weighted by Crippen LogP contribution is -2.29. The number of benzene rings is 1. The number of fused-ring (bicyclic) bond motifs is 1.